The minimum absolute atomic E-state index is 0.536. The summed E-state index contributed by atoms with van der Waals surface area (Å²) in [5.41, 5.74) is 2.07. The van der Waals surface area contributed by atoms with Crippen molar-refractivity contribution in [2.45, 2.75) is 26.3 Å². The zero-order valence-electron chi connectivity index (χ0n) is 13.3. The Balaban J connectivity index is 1.88. The lowest BCUT2D eigenvalue weighted by Crippen LogP contribution is -2.17. The second kappa shape index (κ2) is 9.74. The van der Waals surface area contributed by atoms with Crippen LogP contribution >= 0.6 is 46.4 Å². The molecule has 0 unspecified atom stereocenters. The van der Waals surface area contributed by atoms with Crippen LogP contribution in [0.2, 0.25) is 20.1 Å². The van der Waals surface area contributed by atoms with Crippen LogP contribution in [0.25, 0.3) is 0 Å². The summed E-state index contributed by atoms with van der Waals surface area (Å²) in [4.78, 5) is 0. The Kier molecular flexibility index (Phi) is 7.99. The summed E-state index contributed by atoms with van der Waals surface area (Å²) in [5, 5.41) is 5.76. The first-order valence-corrected chi connectivity index (χ1v) is 9.27. The first-order chi connectivity index (χ1) is 11.5. The van der Waals surface area contributed by atoms with Crippen LogP contribution in [0.5, 0.6) is 5.75 Å². The van der Waals surface area contributed by atoms with Gasteiger partial charge in [0.05, 0.1) is 16.7 Å². The van der Waals surface area contributed by atoms with Crippen LogP contribution in [0.1, 0.15) is 24.5 Å². The topological polar surface area (TPSA) is 21.3 Å². The van der Waals surface area contributed by atoms with Crippen LogP contribution in [0.4, 0.5) is 0 Å². The van der Waals surface area contributed by atoms with Crippen molar-refractivity contribution in [1.82, 2.24) is 5.32 Å². The molecule has 1 N–H and O–H groups in total. The van der Waals surface area contributed by atoms with E-state index < -0.39 is 0 Å². The minimum Gasteiger partial charge on any atom is -0.490 e. The van der Waals surface area contributed by atoms with Gasteiger partial charge in [0.1, 0.15) is 0 Å². The Labute approximate surface area is 163 Å². The third-order valence-corrected chi connectivity index (χ3v) is 4.57. The third-order valence-electron chi connectivity index (χ3n) is 3.42. The van der Waals surface area contributed by atoms with E-state index in [1.807, 2.05) is 31.2 Å². The van der Waals surface area contributed by atoms with E-state index in [9.17, 15) is 0 Å². The molecule has 0 radical (unpaired) electrons. The molecule has 130 valence electrons. The lowest BCUT2D eigenvalue weighted by molar-refractivity contribution is 0.317. The molecule has 0 amide bonds. The Hall–Kier alpha value is -0.640. The fourth-order valence-electron chi connectivity index (χ4n) is 2.24. The first-order valence-electron chi connectivity index (χ1n) is 7.76. The van der Waals surface area contributed by atoms with Gasteiger partial charge < -0.3 is 10.1 Å². The van der Waals surface area contributed by atoms with E-state index in [2.05, 4.69) is 5.32 Å². The number of rotatable bonds is 8. The monoisotopic (exact) mass is 405 g/mol. The third kappa shape index (κ3) is 5.72. The normalized spacial score (nSPS) is 10.9. The summed E-state index contributed by atoms with van der Waals surface area (Å²) >= 11 is 24.6. The Morgan fingerprint density at radius 2 is 1.67 bits per heavy atom. The predicted molar refractivity (Wildman–Crippen MR) is 104 cm³/mol. The number of halogens is 4. The van der Waals surface area contributed by atoms with Crippen LogP contribution in [0.15, 0.2) is 30.3 Å². The number of nitrogens with one attached hydrogen (secondary N) is 1. The van der Waals surface area contributed by atoms with Crippen molar-refractivity contribution in [1.29, 1.82) is 0 Å². The van der Waals surface area contributed by atoms with Gasteiger partial charge in [0, 0.05) is 16.6 Å². The van der Waals surface area contributed by atoms with Crippen molar-refractivity contribution in [2.24, 2.45) is 0 Å². The summed E-state index contributed by atoms with van der Waals surface area (Å²) in [6.45, 7) is 4.08. The van der Waals surface area contributed by atoms with Crippen molar-refractivity contribution >= 4 is 46.4 Å². The van der Waals surface area contributed by atoms with Crippen LogP contribution < -0.4 is 10.1 Å². The average molecular weight is 407 g/mol. The van der Waals surface area contributed by atoms with Crippen molar-refractivity contribution < 1.29 is 4.74 Å². The minimum atomic E-state index is 0.536. The fraction of sp³-hybridized carbons (Fsp3) is 0.333. The van der Waals surface area contributed by atoms with E-state index in [1.54, 1.807) is 6.07 Å². The molecule has 6 heteroatoms. The molecule has 0 saturated carbocycles. The molecule has 0 atom stereocenters. The number of hydrogen-bond donors (Lipinski definition) is 1. The number of hydrogen-bond acceptors (Lipinski definition) is 2. The second-order valence-electron chi connectivity index (χ2n) is 5.40. The molecule has 0 aliphatic rings. The SMILES string of the molecule is CCCOc1c(Cl)cc(CNCCc2ccc(Cl)cc2Cl)cc1Cl. The molecule has 2 aromatic rings. The highest BCUT2D eigenvalue weighted by molar-refractivity contribution is 6.37. The van der Waals surface area contributed by atoms with Crippen molar-refractivity contribution in [2.75, 3.05) is 13.2 Å². The highest BCUT2D eigenvalue weighted by Crippen LogP contribution is 2.34. The van der Waals surface area contributed by atoms with Gasteiger partial charge >= 0.3 is 0 Å². The number of ether oxygens (including phenoxy) is 1. The van der Waals surface area contributed by atoms with Gasteiger partial charge in [-0.05, 0) is 54.8 Å². The van der Waals surface area contributed by atoms with Gasteiger partial charge in [-0.3, -0.25) is 0 Å². The fourth-order valence-corrected chi connectivity index (χ4v) is 3.38. The smallest absolute Gasteiger partial charge is 0.156 e. The second-order valence-corrected chi connectivity index (χ2v) is 7.06. The Morgan fingerprint density at radius 1 is 0.958 bits per heavy atom. The average Bonchev–Trinajstić information content (AvgIpc) is 2.52. The molecular formula is C18H19Cl4NO. The lowest BCUT2D eigenvalue weighted by Gasteiger charge is -2.12. The molecule has 2 rings (SSSR count). The highest BCUT2D eigenvalue weighted by Gasteiger charge is 2.09. The zero-order valence-corrected chi connectivity index (χ0v) is 16.4. The highest BCUT2D eigenvalue weighted by atomic mass is 35.5. The molecule has 24 heavy (non-hydrogen) atoms. The quantitative estimate of drug-likeness (QED) is 0.510. The van der Waals surface area contributed by atoms with Crippen LogP contribution in [0, 0.1) is 0 Å². The molecule has 0 bridgehead atoms. The maximum Gasteiger partial charge on any atom is 0.156 e. The molecule has 0 fully saturated rings. The summed E-state index contributed by atoms with van der Waals surface area (Å²) in [7, 11) is 0. The van der Waals surface area contributed by atoms with Crippen LogP contribution in [-0.4, -0.2) is 13.2 Å². The zero-order chi connectivity index (χ0) is 17.5. The van der Waals surface area contributed by atoms with Crippen molar-refractivity contribution in [3.8, 4) is 5.75 Å². The van der Waals surface area contributed by atoms with Crippen molar-refractivity contribution in [3.05, 3.63) is 61.5 Å². The van der Waals surface area contributed by atoms with Crippen molar-refractivity contribution in [3.63, 3.8) is 0 Å². The van der Waals surface area contributed by atoms with E-state index in [0.717, 1.165) is 30.5 Å². The van der Waals surface area contributed by atoms with Gasteiger partial charge in [0.2, 0.25) is 0 Å². The molecule has 2 nitrogen and oxygen atoms in total. The molecule has 0 aromatic heterocycles. The van der Waals surface area contributed by atoms with Gasteiger partial charge in [0.25, 0.3) is 0 Å². The molecule has 0 saturated heterocycles. The molecule has 0 aliphatic carbocycles. The number of benzene rings is 2. The summed E-state index contributed by atoms with van der Waals surface area (Å²) in [6, 6.07) is 9.30. The summed E-state index contributed by atoms with van der Waals surface area (Å²) < 4.78 is 5.57. The van der Waals surface area contributed by atoms with Gasteiger partial charge in [-0.2, -0.15) is 0 Å². The molecule has 0 spiro atoms. The van der Waals surface area contributed by atoms with Gasteiger partial charge in [-0.15, -0.1) is 0 Å². The van der Waals surface area contributed by atoms with E-state index in [-0.39, 0.29) is 0 Å². The summed E-state index contributed by atoms with van der Waals surface area (Å²) in [6.07, 6.45) is 1.72. The van der Waals surface area contributed by atoms with E-state index in [0.29, 0.717) is 39.0 Å². The van der Waals surface area contributed by atoms with E-state index in [4.69, 9.17) is 51.1 Å². The molecule has 0 aliphatic heterocycles. The Morgan fingerprint density at radius 3 is 2.29 bits per heavy atom. The molecule has 2 aromatic carbocycles. The van der Waals surface area contributed by atoms with Gasteiger partial charge in [-0.25, -0.2) is 0 Å². The maximum atomic E-state index is 6.25. The van der Waals surface area contributed by atoms with Crippen LogP contribution in [0.3, 0.4) is 0 Å². The molecular weight excluding hydrogens is 388 g/mol. The van der Waals surface area contributed by atoms with E-state index >= 15 is 0 Å². The summed E-state index contributed by atoms with van der Waals surface area (Å²) in [5.74, 6) is 0.553. The standard InChI is InChI=1S/C18H19Cl4NO/c1-2-7-24-18-16(21)8-12(9-17(18)22)11-23-6-5-13-3-4-14(19)10-15(13)20/h3-4,8-10,23H,2,5-7,11H2,1H3. The van der Waals surface area contributed by atoms with Gasteiger partial charge in [0.15, 0.2) is 5.75 Å². The Bertz CT molecular complexity index is 668. The van der Waals surface area contributed by atoms with E-state index in [1.165, 1.54) is 0 Å². The predicted octanol–water partition coefficient (Wildman–Crippen LogP) is 6.42. The first kappa shape index (κ1) is 19.7. The van der Waals surface area contributed by atoms with Crippen LogP contribution in [-0.2, 0) is 13.0 Å². The van der Waals surface area contributed by atoms with Gasteiger partial charge in [-0.1, -0.05) is 59.4 Å². The largest absolute Gasteiger partial charge is 0.490 e. The lowest BCUT2D eigenvalue weighted by atomic mass is 10.1. The molecule has 0 heterocycles. The maximum absolute atomic E-state index is 6.25.